The van der Waals surface area contributed by atoms with E-state index in [-0.39, 0.29) is 12.0 Å². The fourth-order valence-electron chi connectivity index (χ4n) is 3.46. The lowest BCUT2D eigenvalue weighted by Crippen LogP contribution is -2.37. The Bertz CT molecular complexity index is 655. The van der Waals surface area contributed by atoms with E-state index in [2.05, 4.69) is 15.6 Å². The third-order valence-corrected chi connectivity index (χ3v) is 4.70. The number of rotatable bonds is 1. The van der Waals surface area contributed by atoms with Crippen molar-refractivity contribution in [1.82, 2.24) is 9.55 Å². The van der Waals surface area contributed by atoms with Gasteiger partial charge in [0.2, 0.25) is 0 Å². The summed E-state index contributed by atoms with van der Waals surface area (Å²) in [5.74, 6) is 0.109. The summed E-state index contributed by atoms with van der Waals surface area (Å²) in [6.45, 7) is 1.08. The normalized spacial score (nSPS) is 28.2. The molecule has 3 atom stereocenters. The fourth-order valence-corrected chi connectivity index (χ4v) is 3.75. The van der Waals surface area contributed by atoms with E-state index in [1.54, 1.807) is 0 Å². The maximum Gasteiger partial charge on any atom is 0.0956 e. The molecule has 3 heterocycles. The van der Waals surface area contributed by atoms with Gasteiger partial charge < -0.3 is 14.4 Å². The Morgan fingerprint density at radius 3 is 3.15 bits per heavy atom. The number of aliphatic hydroxyl groups is 1. The van der Waals surface area contributed by atoms with Crippen LogP contribution in [0, 0.1) is 5.92 Å². The van der Waals surface area contributed by atoms with Crippen LogP contribution >= 0.6 is 11.6 Å². The van der Waals surface area contributed by atoms with E-state index in [1.165, 1.54) is 0 Å². The molecular formula is C15H15ClN2O2. The highest BCUT2D eigenvalue weighted by molar-refractivity contribution is 6.32. The van der Waals surface area contributed by atoms with Crippen molar-refractivity contribution < 1.29 is 9.84 Å². The number of ether oxygens (including phenoxy) is 1. The molecule has 1 N–H and O–H groups in total. The van der Waals surface area contributed by atoms with Crippen molar-refractivity contribution >= 4 is 11.6 Å². The Hall–Kier alpha value is -1.36. The van der Waals surface area contributed by atoms with Gasteiger partial charge in [0.15, 0.2) is 0 Å². The molecular weight excluding hydrogens is 276 g/mol. The number of nitrogens with zero attached hydrogens (tertiary/aromatic N) is 2. The van der Waals surface area contributed by atoms with Crippen LogP contribution in [-0.2, 0) is 4.74 Å². The zero-order chi connectivity index (χ0) is 13.7. The van der Waals surface area contributed by atoms with Crippen molar-refractivity contribution in [2.24, 2.45) is 5.92 Å². The molecule has 0 amide bonds. The lowest BCUT2D eigenvalue weighted by Gasteiger charge is -2.33. The van der Waals surface area contributed by atoms with Crippen molar-refractivity contribution in [3.8, 4) is 11.3 Å². The predicted octanol–water partition coefficient (Wildman–Crippen LogP) is 2.50. The van der Waals surface area contributed by atoms with Gasteiger partial charge in [-0.25, -0.2) is 4.98 Å². The van der Waals surface area contributed by atoms with Crippen LogP contribution in [0.25, 0.3) is 11.3 Å². The third-order valence-electron chi connectivity index (χ3n) is 4.37. The van der Waals surface area contributed by atoms with E-state index in [4.69, 9.17) is 16.3 Å². The minimum Gasteiger partial charge on any atom is -0.390 e. The SMILES string of the molecule is O[C@H]1COCC[C@@H]1C1c2c(Cl)cccc2-c2cncn21. The third kappa shape index (κ3) is 1.65. The van der Waals surface area contributed by atoms with Crippen LogP contribution in [0.2, 0.25) is 5.02 Å². The Labute approximate surface area is 122 Å². The fraction of sp³-hybridized carbons (Fsp3) is 0.400. The zero-order valence-electron chi connectivity index (χ0n) is 10.9. The summed E-state index contributed by atoms with van der Waals surface area (Å²) in [5, 5.41) is 11.1. The van der Waals surface area contributed by atoms with Gasteiger partial charge in [-0.1, -0.05) is 23.7 Å². The summed E-state index contributed by atoms with van der Waals surface area (Å²) < 4.78 is 7.49. The van der Waals surface area contributed by atoms with Crippen LogP contribution in [0.4, 0.5) is 0 Å². The molecule has 1 aromatic heterocycles. The van der Waals surface area contributed by atoms with Crippen molar-refractivity contribution in [2.45, 2.75) is 18.6 Å². The Morgan fingerprint density at radius 2 is 2.30 bits per heavy atom. The van der Waals surface area contributed by atoms with Crippen molar-refractivity contribution in [2.75, 3.05) is 13.2 Å². The molecule has 4 rings (SSSR count). The lowest BCUT2D eigenvalue weighted by atomic mass is 9.85. The largest absolute Gasteiger partial charge is 0.390 e. The molecule has 104 valence electrons. The van der Waals surface area contributed by atoms with Gasteiger partial charge in [0, 0.05) is 28.7 Å². The number of aliphatic hydroxyl groups excluding tert-OH is 1. The lowest BCUT2D eigenvalue weighted by molar-refractivity contribution is -0.0540. The zero-order valence-corrected chi connectivity index (χ0v) is 11.6. The van der Waals surface area contributed by atoms with Gasteiger partial charge in [-0.2, -0.15) is 0 Å². The number of hydrogen-bond acceptors (Lipinski definition) is 3. The molecule has 0 radical (unpaired) electrons. The second-order valence-electron chi connectivity index (χ2n) is 5.43. The number of fused-ring (bicyclic) bond motifs is 3. The monoisotopic (exact) mass is 290 g/mol. The smallest absolute Gasteiger partial charge is 0.0956 e. The maximum absolute atomic E-state index is 10.3. The van der Waals surface area contributed by atoms with Gasteiger partial charge in [0.05, 0.1) is 37.0 Å². The first-order chi connectivity index (χ1) is 9.77. The molecule has 20 heavy (non-hydrogen) atoms. The number of benzene rings is 1. The number of halogens is 1. The summed E-state index contributed by atoms with van der Waals surface area (Å²) in [5.41, 5.74) is 3.31. The van der Waals surface area contributed by atoms with Crippen LogP contribution < -0.4 is 0 Å². The van der Waals surface area contributed by atoms with Gasteiger partial charge in [-0.3, -0.25) is 0 Å². The first kappa shape index (κ1) is 12.4. The summed E-state index contributed by atoms with van der Waals surface area (Å²) in [4.78, 5) is 4.25. The number of hydrogen-bond donors (Lipinski definition) is 1. The second-order valence-corrected chi connectivity index (χ2v) is 5.83. The highest BCUT2D eigenvalue weighted by Gasteiger charge is 2.40. The second kappa shape index (κ2) is 4.58. The summed E-state index contributed by atoms with van der Waals surface area (Å²) in [6.07, 6.45) is 4.05. The molecule has 1 saturated heterocycles. The number of imidazole rings is 1. The predicted molar refractivity (Wildman–Crippen MR) is 75.7 cm³/mol. The summed E-state index contributed by atoms with van der Waals surface area (Å²) in [7, 11) is 0. The van der Waals surface area contributed by atoms with Crippen LogP contribution in [0.3, 0.4) is 0 Å². The van der Waals surface area contributed by atoms with E-state index >= 15 is 0 Å². The van der Waals surface area contributed by atoms with Crippen molar-refractivity contribution in [3.05, 3.63) is 41.3 Å². The van der Waals surface area contributed by atoms with Gasteiger partial charge in [0.1, 0.15) is 0 Å². The van der Waals surface area contributed by atoms with Crippen molar-refractivity contribution in [1.29, 1.82) is 0 Å². The van der Waals surface area contributed by atoms with E-state index in [9.17, 15) is 5.11 Å². The molecule has 2 aromatic rings. The average Bonchev–Trinajstić information content (AvgIpc) is 3.01. The van der Waals surface area contributed by atoms with Gasteiger partial charge >= 0.3 is 0 Å². The summed E-state index contributed by atoms with van der Waals surface area (Å²) in [6, 6.07) is 6.00. The van der Waals surface area contributed by atoms with E-state index in [1.807, 2.05) is 24.7 Å². The highest BCUT2D eigenvalue weighted by Crippen LogP contribution is 2.48. The molecule has 5 heteroatoms. The molecule has 2 aliphatic rings. The van der Waals surface area contributed by atoms with Gasteiger partial charge in [-0.15, -0.1) is 0 Å². The average molecular weight is 291 g/mol. The van der Waals surface area contributed by atoms with E-state index in [0.29, 0.717) is 13.2 Å². The molecule has 0 bridgehead atoms. The first-order valence-electron chi connectivity index (χ1n) is 6.84. The molecule has 1 aromatic carbocycles. The highest BCUT2D eigenvalue weighted by atomic mass is 35.5. The molecule has 1 fully saturated rings. The topological polar surface area (TPSA) is 47.3 Å². The minimum absolute atomic E-state index is 0.0510. The van der Waals surface area contributed by atoms with Gasteiger partial charge in [0.25, 0.3) is 0 Å². The van der Waals surface area contributed by atoms with Crippen molar-refractivity contribution in [3.63, 3.8) is 0 Å². The molecule has 2 aliphatic heterocycles. The summed E-state index contributed by atoms with van der Waals surface area (Å²) >= 11 is 6.43. The molecule has 0 saturated carbocycles. The maximum atomic E-state index is 10.3. The van der Waals surface area contributed by atoms with Gasteiger partial charge in [-0.05, 0) is 12.5 Å². The van der Waals surface area contributed by atoms with E-state index < -0.39 is 6.10 Å². The molecule has 1 unspecified atom stereocenters. The first-order valence-corrected chi connectivity index (χ1v) is 7.21. The van der Waals surface area contributed by atoms with Crippen LogP contribution in [0.1, 0.15) is 18.0 Å². The molecule has 0 spiro atoms. The molecule has 4 nitrogen and oxygen atoms in total. The van der Waals surface area contributed by atoms with Crippen LogP contribution in [0.5, 0.6) is 0 Å². The Kier molecular flexibility index (Phi) is 2.84. The van der Waals surface area contributed by atoms with Crippen LogP contribution in [0.15, 0.2) is 30.7 Å². The van der Waals surface area contributed by atoms with E-state index in [0.717, 1.165) is 28.3 Å². The number of aromatic nitrogens is 2. The minimum atomic E-state index is -0.466. The quantitative estimate of drug-likeness (QED) is 0.878. The molecule has 0 aliphatic carbocycles. The Morgan fingerprint density at radius 1 is 1.40 bits per heavy atom. The standard InChI is InChI=1S/C15H15ClN2O2/c16-11-3-1-2-9-12-6-17-8-18(12)15(14(9)11)10-4-5-20-7-13(10)19/h1-3,6,8,10,13,15,19H,4-5,7H2/t10-,13-,15?/m0/s1. The Balaban J connectivity index is 1.88. The van der Waals surface area contributed by atoms with Crippen LogP contribution in [-0.4, -0.2) is 34.0 Å².